The van der Waals surface area contributed by atoms with Crippen LogP contribution in [0.25, 0.3) is 0 Å². The van der Waals surface area contributed by atoms with Gasteiger partial charge < -0.3 is 14.8 Å². The van der Waals surface area contributed by atoms with Gasteiger partial charge in [-0.1, -0.05) is 0 Å². The molecule has 154 valence electrons. The van der Waals surface area contributed by atoms with E-state index in [0.717, 1.165) is 0 Å². The molecular weight excluding hydrogens is 402 g/mol. The molecule has 1 aliphatic carbocycles. The lowest BCUT2D eigenvalue weighted by atomic mass is 10.3. The van der Waals surface area contributed by atoms with Gasteiger partial charge in [-0.3, -0.25) is 19.6 Å². The van der Waals surface area contributed by atoms with E-state index in [-0.39, 0.29) is 22.8 Å². The van der Waals surface area contributed by atoms with Crippen LogP contribution < -0.4 is 19.5 Å². The first-order valence-electron chi connectivity index (χ1n) is 8.54. The van der Waals surface area contributed by atoms with Crippen molar-refractivity contribution in [3.05, 3.63) is 52.6 Å². The Morgan fingerprint density at radius 1 is 1.10 bits per heavy atom. The van der Waals surface area contributed by atoms with Gasteiger partial charge in [-0.2, -0.15) is 0 Å². The Morgan fingerprint density at radius 2 is 1.76 bits per heavy atom. The first-order chi connectivity index (χ1) is 13.7. The molecule has 2 aromatic carbocycles. The molecular formula is C18H19N3O7S. The number of methoxy groups -OCH3 is 2. The third kappa shape index (κ3) is 4.57. The second kappa shape index (κ2) is 7.95. The van der Waals surface area contributed by atoms with Crippen molar-refractivity contribution in [3.63, 3.8) is 0 Å². The van der Waals surface area contributed by atoms with Crippen LogP contribution in [0.5, 0.6) is 11.5 Å². The lowest BCUT2D eigenvalue weighted by Crippen LogP contribution is -2.19. The zero-order chi connectivity index (χ0) is 21.2. The van der Waals surface area contributed by atoms with Gasteiger partial charge in [0.2, 0.25) is 11.9 Å². The summed E-state index contributed by atoms with van der Waals surface area (Å²) in [6.45, 7) is 0. The fraction of sp³-hybridized carbons (Fsp3) is 0.278. The first kappa shape index (κ1) is 20.4. The van der Waals surface area contributed by atoms with E-state index in [1.807, 2.05) is 0 Å². The van der Waals surface area contributed by atoms with E-state index >= 15 is 0 Å². The average molecular weight is 421 g/mol. The molecule has 1 amide bonds. The Hall–Kier alpha value is -3.34. The maximum Gasteiger partial charge on any atom is 0.265 e. The highest BCUT2D eigenvalue weighted by Crippen LogP contribution is 2.35. The smallest absolute Gasteiger partial charge is 0.265 e. The van der Waals surface area contributed by atoms with E-state index in [2.05, 4.69) is 10.0 Å². The van der Waals surface area contributed by atoms with E-state index in [1.54, 1.807) is 24.3 Å². The minimum atomic E-state index is -4.04. The van der Waals surface area contributed by atoms with Crippen LogP contribution in [-0.2, 0) is 14.8 Å². The summed E-state index contributed by atoms with van der Waals surface area (Å²) in [5.41, 5.74) is 0.508. The van der Waals surface area contributed by atoms with Gasteiger partial charge >= 0.3 is 0 Å². The van der Waals surface area contributed by atoms with E-state index in [9.17, 15) is 23.3 Å². The zero-order valence-electron chi connectivity index (χ0n) is 15.6. The SMILES string of the molecule is COc1ccc(NS(=O)(=O)c2cc(NC(=O)[C@H]3C[C@H]3[N+](=O)[O-])ccc2OC)cc1. The fourth-order valence-electron chi connectivity index (χ4n) is 2.76. The molecule has 29 heavy (non-hydrogen) atoms. The van der Waals surface area contributed by atoms with E-state index < -0.39 is 32.8 Å². The number of hydrogen-bond donors (Lipinski definition) is 2. The third-order valence-electron chi connectivity index (χ3n) is 4.43. The molecule has 2 atom stereocenters. The van der Waals surface area contributed by atoms with Crippen LogP contribution in [0.15, 0.2) is 47.4 Å². The number of nitrogens with zero attached hydrogens (tertiary/aromatic N) is 1. The van der Waals surface area contributed by atoms with Crippen molar-refractivity contribution in [1.82, 2.24) is 0 Å². The quantitative estimate of drug-likeness (QED) is 0.492. The highest BCUT2D eigenvalue weighted by atomic mass is 32.2. The van der Waals surface area contributed by atoms with Crippen molar-refractivity contribution < 1.29 is 27.6 Å². The van der Waals surface area contributed by atoms with Crippen LogP contribution in [0, 0.1) is 16.0 Å². The Bertz CT molecular complexity index is 1040. The molecule has 0 spiro atoms. The fourth-order valence-corrected chi connectivity index (χ4v) is 4.02. The van der Waals surface area contributed by atoms with Crippen LogP contribution in [0.3, 0.4) is 0 Å². The second-order valence-corrected chi connectivity index (χ2v) is 8.03. The normalized spacial score (nSPS) is 17.9. The summed E-state index contributed by atoms with van der Waals surface area (Å²) in [5, 5.41) is 13.2. The van der Waals surface area contributed by atoms with Gasteiger partial charge in [0, 0.05) is 22.7 Å². The number of ether oxygens (including phenoxy) is 2. The van der Waals surface area contributed by atoms with E-state index in [0.29, 0.717) is 11.4 Å². The van der Waals surface area contributed by atoms with Gasteiger partial charge in [-0.15, -0.1) is 0 Å². The lowest BCUT2D eigenvalue weighted by Gasteiger charge is -2.14. The molecule has 0 aromatic heterocycles. The topological polar surface area (TPSA) is 137 Å². The summed E-state index contributed by atoms with van der Waals surface area (Å²) in [7, 11) is -1.21. The van der Waals surface area contributed by atoms with Crippen molar-refractivity contribution in [2.75, 3.05) is 24.3 Å². The summed E-state index contributed by atoms with van der Waals surface area (Å²) < 4.78 is 38.3. The zero-order valence-corrected chi connectivity index (χ0v) is 16.4. The molecule has 11 heteroatoms. The van der Waals surface area contributed by atoms with Crippen LogP contribution in [0.1, 0.15) is 6.42 Å². The maximum atomic E-state index is 12.8. The predicted octanol–water partition coefficient (Wildman–Crippen LogP) is 2.11. The molecule has 1 saturated carbocycles. The van der Waals surface area contributed by atoms with Crippen molar-refractivity contribution in [3.8, 4) is 11.5 Å². The molecule has 10 nitrogen and oxygen atoms in total. The summed E-state index contributed by atoms with van der Waals surface area (Å²) in [6, 6.07) is 9.50. The number of amides is 1. The van der Waals surface area contributed by atoms with E-state index in [4.69, 9.17) is 9.47 Å². The molecule has 1 fully saturated rings. The number of nitrogens with one attached hydrogen (secondary N) is 2. The van der Waals surface area contributed by atoms with E-state index in [1.165, 1.54) is 32.4 Å². The molecule has 0 saturated heterocycles. The molecule has 0 unspecified atom stereocenters. The van der Waals surface area contributed by atoms with Crippen LogP contribution >= 0.6 is 0 Å². The standard InChI is InChI=1S/C18H19N3O7S/c1-27-13-6-3-11(4-7-13)20-29(25,26)17-9-12(5-8-16(17)28-2)19-18(22)14-10-15(14)21(23)24/h3-9,14-15,20H,10H2,1-2H3,(H,19,22)/t14-,15+/m0/s1. The minimum Gasteiger partial charge on any atom is -0.497 e. The van der Waals surface area contributed by atoms with Crippen molar-refractivity contribution in [2.45, 2.75) is 17.4 Å². The molecule has 0 bridgehead atoms. The number of carbonyl (C=O) groups is 1. The summed E-state index contributed by atoms with van der Waals surface area (Å²) in [4.78, 5) is 22.2. The van der Waals surface area contributed by atoms with Crippen molar-refractivity contribution in [2.24, 2.45) is 5.92 Å². The molecule has 2 aromatic rings. The molecule has 2 N–H and O–H groups in total. The molecule has 0 heterocycles. The number of nitro groups is 1. The predicted molar refractivity (Wildman–Crippen MR) is 104 cm³/mol. The van der Waals surface area contributed by atoms with Crippen LogP contribution in [0.2, 0.25) is 0 Å². The molecule has 0 radical (unpaired) electrons. The highest BCUT2D eigenvalue weighted by Gasteiger charge is 2.53. The number of rotatable bonds is 8. The third-order valence-corrected chi connectivity index (χ3v) is 5.83. The number of sulfonamides is 1. The number of carbonyl (C=O) groups excluding carboxylic acids is 1. The van der Waals surface area contributed by atoms with Crippen LogP contribution in [0.4, 0.5) is 11.4 Å². The van der Waals surface area contributed by atoms with Crippen molar-refractivity contribution in [1.29, 1.82) is 0 Å². The Balaban J connectivity index is 1.82. The number of anilines is 2. The Kier molecular flexibility index (Phi) is 5.59. The summed E-state index contributed by atoms with van der Waals surface area (Å²) >= 11 is 0. The maximum absolute atomic E-state index is 12.8. The van der Waals surface area contributed by atoms with Gasteiger partial charge in [0.1, 0.15) is 22.3 Å². The van der Waals surface area contributed by atoms with Gasteiger partial charge in [0.05, 0.1) is 14.2 Å². The Morgan fingerprint density at radius 3 is 2.31 bits per heavy atom. The average Bonchev–Trinajstić information content (AvgIpc) is 3.49. The van der Waals surface area contributed by atoms with Gasteiger partial charge in [-0.25, -0.2) is 8.42 Å². The monoisotopic (exact) mass is 421 g/mol. The largest absolute Gasteiger partial charge is 0.497 e. The summed E-state index contributed by atoms with van der Waals surface area (Å²) in [5.74, 6) is -0.588. The second-order valence-electron chi connectivity index (χ2n) is 6.38. The Labute approximate surface area is 167 Å². The van der Waals surface area contributed by atoms with Crippen LogP contribution in [-0.4, -0.2) is 39.5 Å². The first-order valence-corrected chi connectivity index (χ1v) is 10.0. The van der Waals surface area contributed by atoms with Crippen molar-refractivity contribution >= 4 is 27.3 Å². The van der Waals surface area contributed by atoms with Gasteiger partial charge in [0.15, 0.2) is 0 Å². The number of benzene rings is 2. The number of hydrogen-bond acceptors (Lipinski definition) is 7. The molecule has 0 aliphatic heterocycles. The minimum absolute atomic E-state index is 0.0820. The van der Waals surface area contributed by atoms with Gasteiger partial charge in [-0.05, 0) is 42.5 Å². The molecule has 1 aliphatic rings. The van der Waals surface area contributed by atoms with Gasteiger partial charge in [0.25, 0.3) is 10.0 Å². The highest BCUT2D eigenvalue weighted by molar-refractivity contribution is 7.92. The molecule has 3 rings (SSSR count). The summed E-state index contributed by atoms with van der Waals surface area (Å²) in [6.07, 6.45) is 0.166. The lowest BCUT2D eigenvalue weighted by molar-refractivity contribution is -0.497.